The second-order valence-corrected chi connectivity index (χ2v) is 6.35. The minimum Gasteiger partial charge on any atom is -0.292 e. The van der Waals surface area contributed by atoms with Crippen LogP contribution in [0.5, 0.6) is 0 Å². The van der Waals surface area contributed by atoms with Gasteiger partial charge in [0.25, 0.3) is 0 Å². The Bertz CT molecular complexity index is 613. The molecule has 1 heterocycles. The summed E-state index contributed by atoms with van der Waals surface area (Å²) < 4.78 is 14.3. The van der Waals surface area contributed by atoms with Crippen molar-refractivity contribution in [3.05, 3.63) is 57.0 Å². The van der Waals surface area contributed by atoms with Gasteiger partial charge in [-0.1, -0.05) is 29.8 Å². The monoisotopic (exact) mass is 311 g/mol. The molecular formula is C15H15ClFNOS. The minimum absolute atomic E-state index is 0.00686. The number of carbonyl (C=O) groups is 1. The molecule has 0 aliphatic carbocycles. The Morgan fingerprint density at radius 1 is 1.35 bits per heavy atom. The fourth-order valence-electron chi connectivity index (χ4n) is 1.96. The van der Waals surface area contributed by atoms with Gasteiger partial charge in [0.1, 0.15) is 5.82 Å². The Morgan fingerprint density at radius 3 is 2.65 bits per heavy atom. The summed E-state index contributed by atoms with van der Waals surface area (Å²) in [5, 5.41) is 0. The van der Waals surface area contributed by atoms with Crippen LogP contribution >= 0.6 is 22.9 Å². The summed E-state index contributed by atoms with van der Waals surface area (Å²) in [6, 6.07) is 9.88. The predicted molar refractivity (Wildman–Crippen MR) is 81.1 cm³/mol. The SMILES string of the molecule is CC(c1ccccc1F)N(C)CC(=O)c1ccc(Cl)s1. The van der Waals surface area contributed by atoms with Gasteiger partial charge in [-0.3, -0.25) is 9.69 Å². The third kappa shape index (κ3) is 3.45. The van der Waals surface area contributed by atoms with Crippen molar-refractivity contribution in [2.24, 2.45) is 0 Å². The zero-order valence-corrected chi connectivity index (χ0v) is 12.8. The van der Waals surface area contributed by atoms with Crippen molar-refractivity contribution in [3.63, 3.8) is 0 Å². The van der Waals surface area contributed by atoms with Crippen LogP contribution in [-0.2, 0) is 0 Å². The van der Waals surface area contributed by atoms with E-state index in [1.165, 1.54) is 17.4 Å². The molecule has 0 amide bonds. The van der Waals surface area contributed by atoms with Crippen LogP contribution in [0.1, 0.15) is 28.2 Å². The maximum Gasteiger partial charge on any atom is 0.186 e. The van der Waals surface area contributed by atoms with Gasteiger partial charge in [0.2, 0.25) is 0 Å². The van der Waals surface area contributed by atoms with Crippen LogP contribution in [0.25, 0.3) is 0 Å². The van der Waals surface area contributed by atoms with E-state index in [-0.39, 0.29) is 24.2 Å². The second-order valence-electron chi connectivity index (χ2n) is 4.64. The molecule has 0 saturated carbocycles. The van der Waals surface area contributed by atoms with Crippen LogP contribution in [0.4, 0.5) is 4.39 Å². The third-order valence-corrected chi connectivity index (χ3v) is 4.53. The summed E-state index contributed by atoms with van der Waals surface area (Å²) in [5.41, 5.74) is 0.590. The van der Waals surface area contributed by atoms with E-state index in [1.807, 2.05) is 18.9 Å². The molecule has 0 bridgehead atoms. The fourth-order valence-corrected chi connectivity index (χ4v) is 2.93. The van der Waals surface area contributed by atoms with E-state index < -0.39 is 0 Å². The third-order valence-electron chi connectivity index (χ3n) is 3.26. The molecule has 2 rings (SSSR count). The molecule has 0 saturated heterocycles. The number of Topliss-reactive ketones (excluding diaryl/α,β-unsaturated/α-hetero) is 1. The minimum atomic E-state index is -0.251. The number of thiophene rings is 1. The summed E-state index contributed by atoms with van der Waals surface area (Å²) in [6.07, 6.45) is 0. The molecule has 5 heteroatoms. The number of hydrogen-bond acceptors (Lipinski definition) is 3. The maximum absolute atomic E-state index is 13.7. The Morgan fingerprint density at radius 2 is 2.05 bits per heavy atom. The first-order chi connectivity index (χ1) is 9.49. The molecule has 0 spiro atoms. The van der Waals surface area contributed by atoms with E-state index in [1.54, 1.807) is 30.3 Å². The van der Waals surface area contributed by atoms with Gasteiger partial charge >= 0.3 is 0 Å². The van der Waals surface area contributed by atoms with Crippen molar-refractivity contribution < 1.29 is 9.18 Å². The van der Waals surface area contributed by atoms with Gasteiger partial charge < -0.3 is 0 Å². The van der Waals surface area contributed by atoms with Crippen LogP contribution < -0.4 is 0 Å². The molecule has 20 heavy (non-hydrogen) atoms. The number of benzene rings is 1. The molecule has 0 aliphatic heterocycles. The van der Waals surface area contributed by atoms with Crippen molar-refractivity contribution >= 4 is 28.7 Å². The first-order valence-corrected chi connectivity index (χ1v) is 7.41. The lowest BCUT2D eigenvalue weighted by Crippen LogP contribution is -2.29. The van der Waals surface area contributed by atoms with Crippen molar-refractivity contribution in [3.8, 4) is 0 Å². The maximum atomic E-state index is 13.7. The van der Waals surface area contributed by atoms with Crippen molar-refractivity contribution in [2.75, 3.05) is 13.6 Å². The molecule has 0 N–H and O–H groups in total. The molecule has 0 aliphatic rings. The number of hydrogen-bond donors (Lipinski definition) is 0. The van der Waals surface area contributed by atoms with E-state index in [0.29, 0.717) is 14.8 Å². The highest BCUT2D eigenvalue weighted by molar-refractivity contribution is 7.18. The lowest BCUT2D eigenvalue weighted by molar-refractivity contribution is 0.0927. The lowest BCUT2D eigenvalue weighted by Gasteiger charge is -2.24. The van der Waals surface area contributed by atoms with Crippen LogP contribution in [-0.4, -0.2) is 24.3 Å². The van der Waals surface area contributed by atoms with Gasteiger partial charge in [-0.15, -0.1) is 11.3 Å². The van der Waals surface area contributed by atoms with Crippen molar-refractivity contribution in [2.45, 2.75) is 13.0 Å². The van der Waals surface area contributed by atoms with Crippen molar-refractivity contribution in [1.29, 1.82) is 0 Å². The molecule has 1 aromatic carbocycles. The van der Waals surface area contributed by atoms with E-state index in [2.05, 4.69) is 0 Å². The molecule has 106 valence electrons. The summed E-state index contributed by atoms with van der Waals surface area (Å²) >= 11 is 7.09. The molecule has 1 aromatic heterocycles. The summed E-state index contributed by atoms with van der Waals surface area (Å²) in [5.74, 6) is -0.258. The van der Waals surface area contributed by atoms with Crippen LogP contribution in [0.15, 0.2) is 36.4 Å². The number of ketones is 1. The average Bonchev–Trinajstić information content (AvgIpc) is 2.85. The highest BCUT2D eigenvalue weighted by Gasteiger charge is 2.19. The normalized spacial score (nSPS) is 12.7. The molecule has 1 atom stereocenters. The molecule has 2 aromatic rings. The topological polar surface area (TPSA) is 20.3 Å². The Labute approximate surface area is 126 Å². The standard InChI is InChI=1S/C15H15ClFNOS/c1-10(11-5-3-4-6-12(11)17)18(2)9-13(19)14-7-8-15(16)20-14/h3-8,10H,9H2,1-2H3. The van der Waals surface area contributed by atoms with Crippen LogP contribution in [0, 0.1) is 5.82 Å². The molecule has 0 radical (unpaired) electrons. The number of carbonyl (C=O) groups excluding carboxylic acids is 1. The Hall–Kier alpha value is -1.23. The average molecular weight is 312 g/mol. The van der Waals surface area contributed by atoms with Gasteiger partial charge in [0, 0.05) is 11.6 Å². The molecule has 0 fully saturated rings. The van der Waals surface area contributed by atoms with Crippen LogP contribution in [0.2, 0.25) is 4.34 Å². The Kier molecular flexibility index (Phi) is 4.91. The van der Waals surface area contributed by atoms with Crippen molar-refractivity contribution in [1.82, 2.24) is 4.90 Å². The van der Waals surface area contributed by atoms with Gasteiger partial charge in [-0.2, -0.15) is 0 Å². The first kappa shape index (κ1) is 15.2. The highest BCUT2D eigenvalue weighted by Crippen LogP contribution is 2.24. The van der Waals surface area contributed by atoms with E-state index >= 15 is 0 Å². The van der Waals surface area contributed by atoms with E-state index in [4.69, 9.17) is 11.6 Å². The fraction of sp³-hybridized carbons (Fsp3) is 0.267. The first-order valence-electron chi connectivity index (χ1n) is 6.22. The molecule has 1 unspecified atom stereocenters. The molecular weight excluding hydrogens is 297 g/mol. The summed E-state index contributed by atoms with van der Waals surface area (Å²) in [4.78, 5) is 14.6. The van der Waals surface area contributed by atoms with Gasteiger partial charge in [-0.05, 0) is 32.2 Å². The predicted octanol–water partition coefficient (Wildman–Crippen LogP) is 4.42. The number of nitrogens with zero attached hydrogens (tertiary/aromatic N) is 1. The second kappa shape index (κ2) is 6.48. The van der Waals surface area contributed by atoms with E-state index in [0.717, 1.165) is 0 Å². The number of rotatable bonds is 5. The zero-order chi connectivity index (χ0) is 14.7. The van der Waals surface area contributed by atoms with Gasteiger partial charge in [-0.25, -0.2) is 4.39 Å². The Balaban J connectivity index is 2.06. The van der Waals surface area contributed by atoms with Crippen LogP contribution in [0.3, 0.4) is 0 Å². The summed E-state index contributed by atoms with van der Waals surface area (Å²) in [6.45, 7) is 2.11. The van der Waals surface area contributed by atoms with E-state index in [9.17, 15) is 9.18 Å². The van der Waals surface area contributed by atoms with Gasteiger partial charge in [0.05, 0.1) is 15.8 Å². The molecule has 2 nitrogen and oxygen atoms in total. The number of likely N-dealkylation sites (N-methyl/N-ethyl adjacent to an activating group) is 1. The van der Waals surface area contributed by atoms with Gasteiger partial charge in [0.15, 0.2) is 5.78 Å². The zero-order valence-electron chi connectivity index (χ0n) is 11.3. The quantitative estimate of drug-likeness (QED) is 0.762. The largest absolute Gasteiger partial charge is 0.292 e. The summed E-state index contributed by atoms with van der Waals surface area (Å²) in [7, 11) is 1.81. The smallest absolute Gasteiger partial charge is 0.186 e. The lowest BCUT2D eigenvalue weighted by atomic mass is 10.1. The highest BCUT2D eigenvalue weighted by atomic mass is 35.5. The number of halogens is 2.